The molecule has 1 aliphatic rings. The van der Waals surface area contributed by atoms with Crippen LogP contribution in [0.4, 0.5) is 0 Å². The van der Waals surface area contributed by atoms with Gasteiger partial charge in [-0.1, -0.05) is 6.07 Å². The summed E-state index contributed by atoms with van der Waals surface area (Å²) in [5, 5.41) is 3.45. The van der Waals surface area contributed by atoms with Gasteiger partial charge in [0.2, 0.25) is 0 Å². The fraction of sp³-hybridized carbons (Fsp3) is 0.688. The van der Waals surface area contributed by atoms with Crippen LogP contribution in [0.2, 0.25) is 0 Å². The number of hydrogen-bond donors (Lipinski definition) is 1. The maximum absolute atomic E-state index is 6.23. The predicted molar refractivity (Wildman–Crippen MR) is 78.1 cm³/mol. The van der Waals surface area contributed by atoms with E-state index < -0.39 is 0 Å². The monoisotopic (exact) mass is 262 g/mol. The fourth-order valence-electron chi connectivity index (χ4n) is 3.48. The van der Waals surface area contributed by atoms with E-state index in [1.807, 2.05) is 19.3 Å². The molecule has 0 aliphatic carbocycles. The van der Waals surface area contributed by atoms with Crippen LogP contribution in [0.3, 0.4) is 0 Å². The highest BCUT2D eigenvalue weighted by Crippen LogP contribution is 2.47. The number of aromatic nitrogens is 1. The summed E-state index contributed by atoms with van der Waals surface area (Å²) in [6.45, 7) is 10.9. The Morgan fingerprint density at radius 3 is 2.53 bits per heavy atom. The molecule has 3 heteroatoms. The van der Waals surface area contributed by atoms with Crippen LogP contribution in [0.1, 0.15) is 51.4 Å². The summed E-state index contributed by atoms with van der Waals surface area (Å²) >= 11 is 0. The van der Waals surface area contributed by atoms with Gasteiger partial charge in [0.25, 0.3) is 0 Å². The lowest BCUT2D eigenvalue weighted by Gasteiger charge is -2.33. The minimum atomic E-state index is -0.138. The van der Waals surface area contributed by atoms with Gasteiger partial charge >= 0.3 is 0 Å². The van der Waals surface area contributed by atoms with E-state index in [1.165, 1.54) is 5.56 Å². The van der Waals surface area contributed by atoms with Crippen molar-refractivity contribution in [1.29, 1.82) is 0 Å². The lowest BCUT2D eigenvalue weighted by Crippen LogP contribution is -2.38. The Morgan fingerprint density at radius 1 is 1.37 bits per heavy atom. The molecule has 0 bridgehead atoms. The van der Waals surface area contributed by atoms with Crippen LogP contribution in [0.15, 0.2) is 18.3 Å². The minimum Gasteiger partial charge on any atom is -0.369 e. The van der Waals surface area contributed by atoms with Gasteiger partial charge in [0.1, 0.15) is 0 Å². The van der Waals surface area contributed by atoms with Crippen molar-refractivity contribution in [3.05, 3.63) is 29.6 Å². The molecule has 0 spiro atoms. The summed E-state index contributed by atoms with van der Waals surface area (Å²) in [4.78, 5) is 4.59. The molecule has 2 atom stereocenters. The third-order valence-corrected chi connectivity index (χ3v) is 4.20. The zero-order valence-corrected chi connectivity index (χ0v) is 12.9. The van der Waals surface area contributed by atoms with Gasteiger partial charge in [-0.3, -0.25) is 4.98 Å². The average Bonchev–Trinajstić information content (AvgIpc) is 2.51. The van der Waals surface area contributed by atoms with E-state index >= 15 is 0 Å². The maximum atomic E-state index is 6.23. The SMILES string of the molecule is CNC(c1ncccc1C)C1CC(C)(C)OC1(C)C. The summed E-state index contributed by atoms with van der Waals surface area (Å²) in [6.07, 6.45) is 2.92. The number of rotatable bonds is 3. The predicted octanol–water partition coefficient (Wildman–Crippen LogP) is 3.24. The molecule has 0 aromatic carbocycles. The topological polar surface area (TPSA) is 34.2 Å². The highest BCUT2D eigenvalue weighted by Gasteiger charge is 2.49. The zero-order valence-electron chi connectivity index (χ0n) is 12.9. The first-order valence-corrected chi connectivity index (χ1v) is 7.06. The van der Waals surface area contributed by atoms with Crippen molar-refractivity contribution in [3.8, 4) is 0 Å². The van der Waals surface area contributed by atoms with Crippen molar-refractivity contribution in [2.45, 2.75) is 58.3 Å². The first-order valence-electron chi connectivity index (χ1n) is 7.06. The summed E-state index contributed by atoms with van der Waals surface area (Å²) in [6, 6.07) is 4.35. The second-order valence-electron chi connectivity index (χ2n) is 6.75. The Hall–Kier alpha value is -0.930. The molecule has 2 unspecified atom stereocenters. The lowest BCUT2D eigenvalue weighted by molar-refractivity contribution is -0.0778. The largest absolute Gasteiger partial charge is 0.369 e. The van der Waals surface area contributed by atoms with Crippen LogP contribution in [-0.2, 0) is 4.74 Å². The Labute approximate surface area is 116 Å². The van der Waals surface area contributed by atoms with Gasteiger partial charge < -0.3 is 10.1 Å². The number of aryl methyl sites for hydroxylation is 1. The van der Waals surface area contributed by atoms with E-state index in [2.05, 4.69) is 51.0 Å². The molecule has 2 heterocycles. The van der Waals surface area contributed by atoms with Gasteiger partial charge in [-0.2, -0.15) is 0 Å². The normalized spacial score (nSPS) is 26.3. The van der Waals surface area contributed by atoms with Crippen molar-refractivity contribution >= 4 is 0 Å². The number of pyridine rings is 1. The smallest absolute Gasteiger partial charge is 0.0681 e. The van der Waals surface area contributed by atoms with Gasteiger partial charge in [0.15, 0.2) is 0 Å². The molecule has 1 aromatic heterocycles. The first kappa shape index (κ1) is 14.5. The molecule has 1 saturated heterocycles. The first-order chi connectivity index (χ1) is 8.77. The highest BCUT2D eigenvalue weighted by molar-refractivity contribution is 5.23. The van der Waals surface area contributed by atoms with E-state index in [0.29, 0.717) is 5.92 Å². The Bertz CT molecular complexity index is 454. The van der Waals surface area contributed by atoms with Crippen LogP contribution >= 0.6 is 0 Å². The van der Waals surface area contributed by atoms with Crippen molar-refractivity contribution in [2.75, 3.05) is 7.05 Å². The van der Waals surface area contributed by atoms with E-state index in [9.17, 15) is 0 Å². The summed E-state index contributed by atoms with van der Waals surface area (Å²) in [5.74, 6) is 0.418. The van der Waals surface area contributed by atoms with E-state index in [1.54, 1.807) is 0 Å². The van der Waals surface area contributed by atoms with Crippen molar-refractivity contribution < 1.29 is 4.74 Å². The van der Waals surface area contributed by atoms with E-state index in [-0.39, 0.29) is 17.2 Å². The van der Waals surface area contributed by atoms with Crippen LogP contribution in [0.25, 0.3) is 0 Å². The Balaban J connectivity index is 2.36. The third-order valence-electron chi connectivity index (χ3n) is 4.20. The molecule has 0 amide bonds. The summed E-state index contributed by atoms with van der Waals surface area (Å²) in [5.41, 5.74) is 2.18. The molecular weight excluding hydrogens is 236 g/mol. The molecule has 0 radical (unpaired) electrons. The Morgan fingerprint density at radius 2 is 2.05 bits per heavy atom. The van der Waals surface area contributed by atoms with E-state index in [4.69, 9.17) is 4.74 Å². The molecule has 1 N–H and O–H groups in total. The fourth-order valence-corrected chi connectivity index (χ4v) is 3.48. The molecular formula is C16H26N2O. The molecule has 3 nitrogen and oxygen atoms in total. The number of nitrogens with one attached hydrogen (secondary N) is 1. The standard InChI is InChI=1S/C16H26N2O/c1-11-8-7-9-18-13(11)14(17-6)12-10-15(2,3)19-16(12,4)5/h7-9,12,14,17H,10H2,1-6H3. The van der Waals surface area contributed by atoms with Gasteiger partial charge in [0, 0.05) is 12.1 Å². The zero-order chi connectivity index (χ0) is 14.3. The maximum Gasteiger partial charge on any atom is 0.0681 e. The van der Waals surface area contributed by atoms with Crippen molar-refractivity contribution in [2.24, 2.45) is 5.92 Å². The Kier molecular flexibility index (Phi) is 3.72. The number of nitrogens with zero attached hydrogens (tertiary/aromatic N) is 1. The number of hydrogen-bond acceptors (Lipinski definition) is 3. The minimum absolute atomic E-state index is 0.0635. The summed E-state index contributed by atoms with van der Waals surface area (Å²) in [7, 11) is 2.01. The van der Waals surface area contributed by atoms with Gasteiger partial charge in [0.05, 0.1) is 22.9 Å². The highest BCUT2D eigenvalue weighted by atomic mass is 16.5. The van der Waals surface area contributed by atoms with E-state index in [0.717, 1.165) is 12.1 Å². The van der Waals surface area contributed by atoms with Crippen molar-refractivity contribution in [1.82, 2.24) is 10.3 Å². The van der Waals surface area contributed by atoms with Crippen LogP contribution < -0.4 is 5.32 Å². The molecule has 0 saturated carbocycles. The lowest BCUT2D eigenvalue weighted by atomic mass is 9.79. The quantitative estimate of drug-likeness (QED) is 0.908. The third kappa shape index (κ3) is 2.82. The summed E-state index contributed by atoms with van der Waals surface area (Å²) < 4.78 is 6.23. The van der Waals surface area contributed by atoms with Crippen molar-refractivity contribution in [3.63, 3.8) is 0 Å². The van der Waals surface area contributed by atoms with Crippen LogP contribution in [-0.4, -0.2) is 23.2 Å². The average molecular weight is 262 g/mol. The van der Waals surface area contributed by atoms with Gasteiger partial charge in [-0.05, 0) is 59.7 Å². The van der Waals surface area contributed by atoms with Gasteiger partial charge in [-0.25, -0.2) is 0 Å². The second kappa shape index (κ2) is 4.88. The molecule has 106 valence electrons. The molecule has 1 aliphatic heterocycles. The molecule has 19 heavy (non-hydrogen) atoms. The molecule has 2 rings (SSSR count). The van der Waals surface area contributed by atoms with Gasteiger partial charge in [-0.15, -0.1) is 0 Å². The molecule has 1 fully saturated rings. The molecule has 1 aromatic rings. The van der Waals surface area contributed by atoms with Crippen LogP contribution in [0, 0.1) is 12.8 Å². The number of ether oxygens (including phenoxy) is 1. The second-order valence-corrected chi connectivity index (χ2v) is 6.75. The van der Waals surface area contributed by atoms with Crippen LogP contribution in [0.5, 0.6) is 0 Å².